The van der Waals surface area contributed by atoms with Gasteiger partial charge in [-0.15, -0.1) is 10.2 Å². The Balaban J connectivity index is 1.70. The van der Waals surface area contributed by atoms with Crippen molar-refractivity contribution < 1.29 is 22.6 Å². The van der Waals surface area contributed by atoms with Gasteiger partial charge >= 0.3 is 0 Å². The zero-order chi connectivity index (χ0) is 38.6. The number of hydrogen-bond donors (Lipinski definition) is 0. The van der Waals surface area contributed by atoms with E-state index in [2.05, 4.69) is 45.9 Å². The maximum absolute atomic E-state index is 14.9. The summed E-state index contributed by atoms with van der Waals surface area (Å²) >= 11 is 6.06. The smallest absolute Gasteiger partial charge is 0.246 e. The summed E-state index contributed by atoms with van der Waals surface area (Å²) in [7, 11) is 0.322. The first-order valence-electron chi connectivity index (χ1n) is 18.4. The van der Waals surface area contributed by atoms with Crippen molar-refractivity contribution in [2.45, 2.75) is 110 Å². The molecule has 12 nitrogen and oxygen atoms in total. The largest absolute Gasteiger partial charge is 0.494 e. The molecule has 3 aromatic heterocycles. The molecule has 0 bridgehead atoms. The molecular weight excluding hydrogens is 714 g/mol. The van der Waals surface area contributed by atoms with E-state index in [1.807, 2.05) is 13.0 Å². The Bertz CT molecular complexity index is 1830. The Labute approximate surface area is 320 Å². The lowest BCUT2D eigenvalue weighted by Crippen LogP contribution is -2.43. The van der Waals surface area contributed by atoms with Crippen LogP contribution in [0.5, 0.6) is 11.5 Å². The normalized spacial score (nSPS) is 13.2. The third kappa shape index (κ3) is 11.1. The zero-order valence-corrected chi connectivity index (χ0v) is 34.1. The van der Waals surface area contributed by atoms with Gasteiger partial charge in [0.2, 0.25) is 16.0 Å². The van der Waals surface area contributed by atoms with E-state index in [4.69, 9.17) is 25.8 Å². The number of sulfonamides is 1. The van der Waals surface area contributed by atoms with Crippen molar-refractivity contribution in [1.29, 1.82) is 0 Å². The van der Waals surface area contributed by atoms with Crippen LogP contribution in [0.4, 0.5) is 5.95 Å². The predicted octanol–water partition coefficient (Wildman–Crippen LogP) is 8.96. The van der Waals surface area contributed by atoms with Crippen molar-refractivity contribution in [3.63, 3.8) is 0 Å². The van der Waals surface area contributed by atoms with Crippen LogP contribution in [0.15, 0.2) is 49.1 Å². The molecule has 3 heterocycles. The number of unbranched alkanes of at least 4 members (excludes halogenated alkanes) is 8. The van der Waals surface area contributed by atoms with E-state index < -0.39 is 21.4 Å². The van der Waals surface area contributed by atoms with E-state index in [9.17, 15) is 8.42 Å². The van der Waals surface area contributed by atoms with Gasteiger partial charge in [0.25, 0.3) is 0 Å². The molecule has 0 amide bonds. The average Bonchev–Trinajstić information content (AvgIpc) is 3.56. The lowest BCUT2D eigenvalue weighted by atomic mass is 9.89. The van der Waals surface area contributed by atoms with Crippen molar-refractivity contribution in [1.82, 2.24) is 29.7 Å². The molecule has 0 aliphatic heterocycles. The van der Waals surface area contributed by atoms with Gasteiger partial charge in [-0.3, -0.25) is 9.55 Å². The number of rotatable bonds is 21. The van der Waals surface area contributed by atoms with E-state index in [1.165, 1.54) is 62.3 Å². The molecule has 0 spiro atoms. The summed E-state index contributed by atoms with van der Waals surface area (Å²) in [6.07, 6.45) is 16.2. The molecule has 4 rings (SSSR count). The minimum Gasteiger partial charge on any atom is -0.494 e. The summed E-state index contributed by atoms with van der Waals surface area (Å²) in [5, 5.41) is 8.36. The number of benzene rings is 1. The summed E-state index contributed by atoms with van der Waals surface area (Å²) in [5.41, 5.74) is 2.39. The standard InChI is InChI=1S/C39H56ClN7O5S/c1-28-23-30(25-41-24-28)37-44-45-38(47(37)34-32(50-6)19-18-20-33(34)51-7)46(22-17-15-13-11-9-10-12-14-16-21-39(3,4)5)53(48,49)29(2)35(52-8)36-42-26-31(40)27-43-36/h18-20,23-27,29,35H,9-17,21-22H2,1-8H3/t29-,35-/m0/s1. The number of methoxy groups -OCH3 is 3. The number of anilines is 1. The van der Waals surface area contributed by atoms with Crippen molar-refractivity contribution in [2.75, 3.05) is 32.2 Å². The first-order chi connectivity index (χ1) is 25.3. The number of ether oxygens (including phenoxy) is 3. The van der Waals surface area contributed by atoms with Crippen molar-refractivity contribution in [3.8, 4) is 28.6 Å². The highest BCUT2D eigenvalue weighted by atomic mass is 35.5. The highest BCUT2D eigenvalue weighted by Gasteiger charge is 2.40. The number of hydrogen-bond acceptors (Lipinski definition) is 10. The van der Waals surface area contributed by atoms with Crippen LogP contribution in [0.2, 0.25) is 5.02 Å². The van der Waals surface area contributed by atoms with E-state index in [-0.39, 0.29) is 18.3 Å². The molecule has 1 aromatic carbocycles. The molecule has 0 aliphatic carbocycles. The third-order valence-electron chi connectivity index (χ3n) is 9.27. The van der Waals surface area contributed by atoms with Gasteiger partial charge in [-0.05, 0) is 55.9 Å². The summed E-state index contributed by atoms with van der Waals surface area (Å²) < 4.78 is 50.2. The van der Waals surface area contributed by atoms with E-state index in [0.717, 1.165) is 24.8 Å². The first-order valence-corrected chi connectivity index (χ1v) is 20.3. The fraction of sp³-hybridized carbons (Fsp3) is 0.564. The number of halogens is 1. The van der Waals surface area contributed by atoms with E-state index in [1.54, 1.807) is 56.3 Å². The molecule has 4 aromatic rings. The van der Waals surface area contributed by atoms with Crippen molar-refractivity contribution in [2.24, 2.45) is 5.41 Å². The highest BCUT2D eigenvalue weighted by molar-refractivity contribution is 7.93. The van der Waals surface area contributed by atoms with Gasteiger partial charge in [0.15, 0.2) is 11.6 Å². The topological polar surface area (TPSA) is 134 Å². The van der Waals surface area contributed by atoms with Gasteiger partial charge in [-0.25, -0.2) is 22.7 Å². The third-order valence-corrected chi connectivity index (χ3v) is 11.6. The lowest BCUT2D eigenvalue weighted by Gasteiger charge is -2.30. The van der Waals surface area contributed by atoms with Gasteiger partial charge in [0, 0.05) is 44.0 Å². The summed E-state index contributed by atoms with van der Waals surface area (Å²) in [4.78, 5) is 13.0. The molecule has 53 heavy (non-hydrogen) atoms. The molecule has 0 saturated carbocycles. The number of para-hydroxylation sites is 1. The number of aromatic nitrogens is 6. The summed E-state index contributed by atoms with van der Waals surface area (Å²) in [5.74, 6) is 1.54. The maximum Gasteiger partial charge on any atom is 0.246 e. The van der Waals surface area contributed by atoms with Gasteiger partial charge < -0.3 is 14.2 Å². The Morgan fingerprint density at radius 2 is 1.43 bits per heavy atom. The molecule has 0 unspecified atom stereocenters. The molecule has 0 aliphatic rings. The fourth-order valence-electron chi connectivity index (χ4n) is 6.38. The minimum absolute atomic E-state index is 0.0818. The predicted molar refractivity (Wildman–Crippen MR) is 211 cm³/mol. The first kappa shape index (κ1) is 41.9. The second-order valence-corrected chi connectivity index (χ2v) is 17.3. The molecule has 0 radical (unpaired) electrons. The molecule has 0 fully saturated rings. The van der Waals surface area contributed by atoms with Crippen molar-refractivity contribution in [3.05, 3.63) is 65.5 Å². The summed E-state index contributed by atoms with van der Waals surface area (Å²) in [6.45, 7) is 10.6. The molecular formula is C39H56ClN7O5S. The van der Waals surface area contributed by atoms with Gasteiger partial charge in [0.05, 0.1) is 19.2 Å². The lowest BCUT2D eigenvalue weighted by molar-refractivity contribution is 0.0947. The minimum atomic E-state index is -4.22. The zero-order valence-electron chi connectivity index (χ0n) is 32.5. The molecule has 2 atom stereocenters. The van der Waals surface area contributed by atoms with Crippen LogP contribution in [0.3, 0.4) is 0 Å². The van der Waals surface area contributed by atoms with Crippen LogP contribution >= 0.6 is 11.6 Å². The molecule has 14 heteroatoms. The fourth-order valence-corrected chi connectivity index (χ4v) is 8.16. The van der Waals surface area contributed by atoms with Crippen LogP contribution < -0.4 is 13.8 Å². The van der Waals surface area contributed by atoms with Crippen molar-refractivity contribution >= 4 is 27.6 Å². The van der Waals surface area contributed by atoms with Crippen LogP contribution in [0.25, 0.3) is 17.1 Å². The maximum atomic E-state index is 14.9. The van der Waals surface area contributed by atoms with Gasteiger partial charge in [0.1, 0.15) is 28.5 Å². The highest BCUT2D eigenvalue weighted by Crippen LogP contribution is 2.40. The monoisotopic (exact) mass is 769 g/mol. The van der Waals surface area contributed by atoms with Gasteiger partial charge in [-0.2, -0.15) is 0 Å². The van der Waals surface area contributed by atoms with E-state index in [0.29, 0.717) is 45.4 Å². The Hall–Kier alpha value is -3.81. The molecule has 290 valence electrons. The number of pyridine rings is 1. The average molecular weight is 770 g/mol. The van der Waals surface area contributed by atoms with Crippen LogP contribution in [0, 0.1) is 12.3 Å². The second kappa shape index (κ2) is 19.5. The Kier molecular flexibility index (Phi) is 15.4. The quantitative estimate of drug-likeness (QED) is 0.0756. The van der Waals surface area contributed by atoms with Crippen LogP contribution in [-0.2, 0) is 14.8 Å². The van der Waals surface area contributed by atoms with Gasteiger partial charge in [-0.1, -0.05) is 89.8 Å². The van der Waals surface area contributed by atoms with E-state index >= 15 is 0 Å². The molecule has 0 saturated heterocycles. The second-order valence-electron chi connectivity index (χ2n) is 14.7. The van der Waals surface area contributed by atoms with Crippen LogP contribution in [0.1, 0.15) is 109 Å². The number of aryl methyl sites for hydroxylation is 1. The number of nitrogens with zero attached hydrogens (tertiary/aromatic N) is 7. The Morgan fingerprint density at radius 3 is 1.98 bits per heavy atom. The van der Waals surface area contributed by atoms with Crippen LogP contribution in [-0.4, -0.2) is 71.3 Å². The summed E-state index contributed by atoms with van der Waals surface area (Å²) in [6, 6.07) is 7.29. The SMILES string of the molecule is COc1cccc(OC)c1-n1c(-c2cncc(C)c2)nnc1N(CCCCCCCCCCCC(C)(C)C)S(=O)(=O)[C@@H](C)[C@H](OC)c1ncc(Cl)cn1. The Morgan fingerprint density at radius 1 is 0.849 bits per heavy atom. The molecule has 0 N–H and O–H groups in total.